The van der Waals surface area contributed by atoms with Gasteiger partial charge in [0, 0.05) is 0 Å². The first-order valence-electron chi connectivity index (χ1n) is 7.58. The molecule has 2 nitrogen and oxygen atoms in total. The Balaban J connectivity index is 1.63. The molecule has 0 saturated carbocycles. The molecule has 3 aromatic rings. The quantitative estimate of drug-likeness (QED) is 0.305. The van der Waals surface area contributed by atoms with Crippen molar-refractivity contribution in [1.82, 2.24) is 0 Å². The van der Waals surface area contributed by atoms with Gasteiger partial charge >= 0.3 is 157 Å². The van der Waals surface area contributed by atoms with Gasteiger partial charge in [0.15, 0.2) is 0 Å². The molecule has 3 aromatic heterocycles. The van der Waals surface area contributed by atoms with Crippen molar-refractivity contribution in [1.29, 1.82) is 0 Å². The third-order valence-electron chi connectivity index (χ3n) is 4.90. The zero-order valence-corrected chi connectivity index (χ0v) is 18.2. The Kier molecular flexibility index (Phi) is 3.19. The normalized spacial score (nSPS) is 17.2. The summed E-state index contributed by atoms with van der Waals surface area (Å²) < 4.78 is 4.34. The molecule has 0 amide bonds. The van der Waals surface area contributed by atoms with Crippen molar-refractivity contribution in [3.8, 4) is 8.87 Å². The fourth-order valence-corrected chi connectivity index (χ4v) is 16.3. The SMILES string of the molecule is C[Si]1(C)c2cc[se]c2-c2[se]c(C=C3C(=O)c4cscc4C3=O)cc21. The van der Waals surface area contributed by atoms with Gasteiger partial charge in [0.05, 0.1) is 0 Å². The molecule has 0 aromatic carbocycles. The van der Waals surface area contributed by atoms with Crippen molar-refractivity contribution in [2.45, 2.75) is 13.1 Å². The van der Waals surface area contributed by atoms with Gasteiger partial charge in [-0.05, 0) is 0 Å². The monoisotopic (exact) mass is 480 g/mol. The van der Waals surface area contributed by atoms with E-state index in [2.05, 4.69) is 30.2 Å². The molecule has 1 aliphatic heterocycles. The van der Waals surface area contributed by atoms with Crippen LogP contribution in [0.15, 0.2) is 33.4 Å². The van der Waals surface area contributed by atoms with Crippen molar-refractivity contribution in [3.63, 3.8) is 0 Å². The van der Waals surface area contributed by atoms with E-state index in [9.17, 15) is 9.59 Å². The summed E-state index contributed by atoms with van der Waals surface area (Å²) >= 11 is 2.12. The van der Waals surface area contributed by atoms with Crippen molar-refractivity contribution >= 4 is 76.4 Å². The van der Waals surface area contributed by atoms with Crippen molar-refractivity contribution in [2.24, 2.45) is 0 Å². The molecule has 4 heterocycles. The van der Waals surface area contributed by atoms with E-state index in [0.29, 0.717) is 31.2 Å². The summed E-state index contributed by atoms with van der Waals surface area (Å²) in [6.07, 6.45) is 1.88. The second-order valence-electron chi connectivity index (χ2n) is 6.60. The van der Waals surface area contributed by atoms with Crippen molar-refractivity contribution in [2.75, 3.05) is 0 Å². The molecule has 1 aliphatic carbocycles. The van der Waals surface area contributed by atoms with Crippen LogP contribution in [-0.4, -0.2) is 48.6 Å². The summed E-state index contributed by atoms with van der Waals surface area (Å²) in [7, 11) is -1.55. The van der Waals surface area contributed by atoms with Crippen LogP contribution in [-0.2, 0) is 0 Å². The summed E-state index contributed by atoms with van der Waals surface area (Å²) in [6, 6.07) is 4.65. The first kappa shape index (κ1) is 15.3. The molecule has 0 radical (unpaired) electrons. The average molecular weight is 478 g/mol. The summed E-state index contributed by atoms with van der Waals surface area (Å²) in [5.41, 5.74) is 1.54. The average Bonchev–Trinajstić information content (AvgIpc) is 3.31. The Hall–Kier alpha value is -1.00. The van der Waals surface area contributed by atoms with Gasteiger partial charge in [-0.15, -0.1) is 0 Å². The van der Waals surface area contributed by atoms with E-state index in [1.165, 1.54) is 21.0 Å². The zero-order valence-electron chi connectivity index (χ0n) is 13.0. The molecule has 5 rings (SSSR count). The summed E-state index contributed by atoms with van der Waals surface area (Å²) in [6.45, 7) is 4.84. The van der Waals surface area contributed by atoms with Crippen LogP contribution in [0.3, 0.4) is 0 Å². The zero-order chi connectivity index (χ0) is 16.6. The number of Topliss-reactive ketones (excluding diaryl/α,β-unsaturated/α-hetero) is 2. The number of hydrogen-bond donors (Lipinski definition) is 0. The van der Waals surface area contributed by atoms with Crippen LogP contribution in [0.2, 0.25) is 13.1 Å². The van der Waals surface area contributed by atoms with Crippen LogP contribution in [0.5, 0.6) is 0 Å². The van der Waals surface area contributed by atoms with Gasteiger partial charge in [-0.1, -0.05) is 0 Å². The first-order valence-corrected chi connectivity index (χ1v) is 15.1. The topological polar surface area (TPSA) is 34.1 Å². The van der Waals surface area contributed by atoms with Gasteiger partial charge in [0.1, 0.15) is 0 Å². The molecule has 0 saturated heterocycles. The van der Waals surface area contributed by atoms with E-state index in [0.717, 1.165) is 0 Å². The minimum absolute atomic E-state index is 0.0943. The second kappa shape index (κ2) is 5.01. The predicted molar refractivity (Wildman–Crippen MR) is 103 cm³/mol. The number of allylic oxidation sites excluding steroid dienone is 1. The van der Waals surface area contributed by atoms with E-state index >= 15 is 0 Å². The van der Waals surface area contributed by atoms with E-state index in [-0.39, 0.29) is 26.1 Å². The summed E-state index contributed by atoms with van der Waals surface area (Å²) in [4.78, 5) is 27.3. The Morgan fingerprint density at radius 1 is 1.04 bits per heavy atom. The molecular weight excluding hydrogens is 466 g/mol. The number of rotatable bonds is 1. The number of carbonyl (C=O) groups is 2. The number of ketones is 2. The molecule has 0 spiro atoms. The molecule has 6 heteroatoms. The fraction of sp³-hybridized carbons (Fsp3) is 0.111. The molecule has 118 valence electrons. The maximum atomic E-state index is 12.5. The van der Waals surface area contributed by atoms with Gasteiger partial charge in [-0.3, -0.25) is 0 Å². The molecule has 0 unspecified atom stereocenters. The van der Waals surface area contributed by atoms with Crippen LogP contribution < -0.4 is 10.4 Å². The molecule has 0 bridgehead atoms. The molecule has 24 heavy (non-hydrogen) atoms. The number of carbonyl (C=O) groups excluding carboxylic acids is 2. The van der Waals surface area contributed by atoms with Gasteiger partial charge in [-0.25, -0.2) is 0 Å². The van der Waals surface area contributed by atoms with E-state index in [1.807, 2.05) is 6.08 Å². The first-order chi connectivity index (χ1) is 11.5. The Bertz CT molecular complexity index is 1050. The molecule has 2 aliphatic rings. The van der Waals surface area contributed by atoms with Crippen LogP contribution in [0, 0.1) is 0 Å². The fourth-order valence-electron chi connectivity index (χ4n) is 3.55. The van der Waals surface area contributed by atoms with Crippen LogP contribution in [0.1, 0.15) is 25.2 Å². The van der Waals surface area contributed by atoms with Gasteiger partial charge in [-0.2, -0.15) is 0 Å². The Morgan fingerprint density at radius 2 is 1.75 bits per heavy atom. The van der Waals surface area contributed by atoms with Gasteiger partial charge < -0.3 is 0 Å². The predicted octanol–water partition coefficient (Wildman–Crippen LogP) is 2.13. The molecule has 0 atom stereocenters. The van der Waals surface area contributed by atoms with Gasteiger partial charge in [0.25, 0.3) is 0 Å². The van der Waals surface area contributed by atoms with E-state index < -0.39 is 8.07 Å². The molecule has 0 N–H and O–H groups in total. The summed E-state index contributed by atoms with van der Waals surface area (Å²) in [5.74, 6) is -0.189. The molecular formula is C18H12O2SSe2Si. The summed E-state index contributed by atoms with van der Waals surface area (Å²) in [5, 5.41) is 6.75. The van der Waals surface area contributed by atoms with E-state index in [1.54, 1.807) is 24.8 Å². The third kappa shape index (κ3) is 1.87. The third-order valence-corrected chi connectivity index (χ3v) is 14.9. The van der Waals surface area contributed by atoms with Crippen LogP contribution in [0.25, 0.3) is 15.0 Å². The second-order valence-corrected chi connectivity index (χ2v) is 15.9. The number of fused-ring (bicyclic) bond motifs is 4. The maximum absolute atomic E-state index is 12.5. The Labute approximate surface area is 156 Å². The molecule has 0 fully saturated rings. The standard InChI is InChI=1S/C18H12O2SSe2Si/c1-24(2)13-3-4-22-17(13)18-14(24)6-9(23-18)5-10-15(19)11-7-21-8-12(11)16(10)20/h3-8H,1-2H3. The van der Waals surface area contributed by atoms with E-state index in [4.69, 9.17) is 0 Å². The van der Waals surface area contributed by atoms with Crippen molar-refractivity contribution in [3.05, 3.63) is 49.0 Å². The van der Waals surface area contributed by atoms with Crippen molar-refractivity contribution < 1.29 is 9.59 Å². The van der Waals surface area contributed by atoms with Gasteiger partial charge in [0.2, 0.25) is 0 Å². The van der Waals surface area contributed by atoms with Crippen LogP contribution in [0.4, 0.5) is 0 Å². The van der Waals surface area contributed by atoms with Crippen LogP contribution >= 0.6 is 11.3 Å². The number of thiophene rings is 1. The Morgan fingerprint density at radius 3 is 2.46 bits per heavy atom. The number of hydrogen-bond acceptors (Lipinski definition) is 3. The minimum atomic E-state index is -1.55.